The van der Waals surface area contributed by atoms with Gasteiger partial charge in [-0.3, -0.25) is 9.52 Å². The van der Waals surface area contributed by atoms with Gasteiger partial charge in [0, 0.05) is 23.0 Å². The van der Waals surface area contributed by atoms with Crippen molar-refractivity contribution in [3.8, 4) is 11.5 Å². The summed E-state index contributed by atoms with van der Waals surface area (Å²) in [7, 11) is -3.90. The molecule has 0 atom stereocenters. The maximum Gasteiger partial charge on any atom is 0.262 e. The summed E-state index contributed by atoms with van der Waals surface area (Å²) in [4.78, 5) is 12.8. The molecule has 1 aliphatic rings. The smallest absolute Gasteiger partial charge is 0.262 e. The zero-order chi connectivity index (χ0) is 24.1. The molecule has 9 heteroatoms. The van der Waals surface area contributed by atoms with Gasteiger partial charge in [-0.25, -0.2) is 8.42 Å². The second-order valence-electron chi connectivity index (χ2n) is 8.01. The van der Waals surface area contributed by atoms with Crippen LogP contribution in [0, 0.1) is 0 Å². The van der Waals surface area contributed by atoms with E-state index in [-0.39, 0.29) is 22.6 Å². The number of amides is 1. The van der Waals surface area contributed by atoms with Crippen LogP contribution in [0.4, 0.5) is 11.4 Å². The minimum atomic E-state index is -3.90. The monoisotopic (exact) mass is 482 g/mol. The van der Waals surface area contributed by atoms with Crippen molar-refractivity contribution in [1.82, 2.24) is 0 Å². The van der Waals surface area contributed by atoms with Crippen molar-refractivity contribution in [1.29, 1.82) is 0 Å². The highest BCUT2D eigenvalue weighted by Gasteiger charge is 2.20. The summed E-state index contributed by atoms with van der Waals surface area (Å²) in [5.41, 5.74) is 2.14. The highest BCUT2D eigenvalue weighted by atomic mass is 32.2. The van der Waals surface area contributed by atoms with Crippen molar-refractivity contribution in [3.63, 3.8) is 0 Å². The number of fused-ring (bicyclic) bond motifs is 1. The van der Waals surface area contributed by atoms with Gasteiger partial charge < -0.3 is 19.5 Å². The molecule has 0 saturated heterocycles. The molecule has 1 heterocycles. The maximum atomic E-state index is 12.9. The molecule has 0 radical (unpaired) electrons. The van der Waals surface area contributed by atoms with Crippen LogP contribution >= 0.6 is 0 Å². The maximum absolute atomic E-state index is 12.9. The number of carbonyl (C=O) groups excluding carboxylic acids is 1. The lowest BCUT2D eigenvalue weighted by Gasteiger charge is -2.19. The molecule has 0 fully saturated rings. The summed E-state index contributed by atoms with van der Waals surface area (Å²) in [6.45, 7) is 5.14. The zero-order valence-electron chi connectivity index (χ0n) is 18.9. The molecular weight excluding hydrogens is 456 g/mol. The van der Waals surface area contributed by atoms with E-state index in [1.165, 1.54) is 18.2 Å². The molecular formula is C25H26N2O6S. The first-order valence-corrected chi connectivity index (χ1v) is 12.3. The number of ether oxygens (including phenoxy) is 3. The van der Waals surface area contributed by atoms with Gasteiger partial charge in [-0.2, -0.15) is 0 Å². The standard InChI is InChI=1S/C25H26N2O6S/c1-17(2)33-16-18-5-3-7-20(13-18)26-25(28)19-6-4-8-21(14-19)27-34(29,30)22-9-10-23-24(15-22)32-12-11-31-23/h3-10,13-15,17,27H,11-12,16H2,1-2H3,(H,26,28). The molecule has 0 aromatic heterocycles. The topological polar surface area (TPSA) is 103 Å². The SMILES string of the molecule is CC(C)OCc1cccc(NC(=O)c2cccc(NS(=O)(=O)c3ccc4c(c3)OCCO4)c2)c1. The van der Waals surface area contributed by atoms with Crippen LogP contribution in [0.5, 0.6) is 11.5 Å². The normalized spacial score (nSPS) is 12.9. The molecule has 2 N–H and O–H groups in total. The summed E-state index contributed by atoms with van der Waals surface area (Å²) < 4.78 is 44.8. The Morgan fingerprint density at radius 1 is 0.941 bits per heavy atom. The number of sulfonamides is 1. The number of hydrogen-bond acceptors (Lipinski definition) is 6. The second-order valence-corrected chi connectivity index (χ2v) is 9.69. The van der Waals surface area contributed by atoms with Crippen LogP contribution in [0.25, 0.3) is 0 Å². The fourth-order valence-electron chi connectivity index (χ4n) is 3.33. The Morgan fingerprint density at radius 3 is 2.47 bits per heavy atom. The lowest BCUT2D eigenvalue weighted by molar-refractivity contribution is 0.0657. The zero-order valence-corrected chi connectivity index (χ0v) is 19.7. The predicted octanol–water partition coefficient (Wildman–Crippen LogP) is 4.44. The third kappa shape index (κ3) is 5.86. The summed E-state index contributed by atoms with van der Waals surface area (Å²) in [5, 5.41) is 2.84. The molecule has 0 bridgehead atoms. The van der Waals surface area contributed by atoms with Crippen LogP contribution < -0.4 is 19.5 Å². The lowest BCUT2D eigenvalue weighted by Crippen LogP contribution is -2.17. The fraction of sp³-hybridized carbons (Fsp3) is 0.240. The van der Waals surface area contributed by atoms with Crippen LogP contribution in [0.15, 0.2) is 71.6 Å². The van der Waals surface area contributed by atoms with Crippen LogP contribution in [-0.2, 0) is 21.4 Å². The molecule has 0 aliphatic carbocycles. The molecule has 34 heavy (non-hydrogen) atoms. The first-order chi connectivity index (χ1) is 16.3. The quantitative estimate of drug-likeness (QED) is 0.492. The second kappa shape index (κ2) is 10.1. The molecule has 3 aromatic carbocycles. The van der Waals surface area contributed by atoms with E-state index in [0.717, 1.165) is 5.56 Å². The van der Waals surface area contributed by atoms with Crippen molar-refractivity contribution in [2.24, 2.45) is 0 Å². The fourth-order valence-corrected chi connectivity index (χ4v) is 4.40. The predicted molar refractivity (Wildman–Crippen MR) is 129 cm³/mol. The van der Waals surface area contributed by atoms with Gasteiger partial charge in [0.15, 0.2) is 11.5 Å². The molecule has 0 unspecified atom stereocenters. The molecule has 1 aliphatic heterocycles. The Hall–Kier alpha value is -3.56. The number of nitrogens with one attached hydrogen (secondary N) is 2. The Balaban J connectivity index is 1.46. The van der Waals surface area contributed by atoms with Crippen LogP contribution in [-0.4, -0.2) is 33.6 Å². The molecule has 4 rings (SSSR count). The highest BCUT2D eigenvalue weighted by molar-refractivity contribution is 7.92. The van der Waals surface area contributed by atoms with Crippen molar-refractivity contribution in [2.45, 2.75) is 31.5 Å². The highest BCUT2D eigenvalue weighted by Crippen LogP contribution is 2.32. The van der Waals surface area contributed by atoms with Crippen molar-refractivity contribution < 1.29 is 27.4 Å². The van der Waals surface area contributed by atoms with E-state index in [4.69, 9.17) is 14.2 Å². The number of anilines is 2. The van der Waals surface area contributed by atoms with Crippen LogP contribution in [0.3, 0.4) is 0 Å². The molecule has 8 nitrogen and oxygen atoms in total. The average Bonchev–Trinajstić information content (AvgIpc) is 2.82. The first-order valence-electron chi connectivity index (χ1n) is 10.8. The van der Waals surface area contributed by atoms with Crippen molar-refractivity contribution >= 4 is 27.3 Å². The van der Waals surface area contributed by atoms with E-state index < -0.39 is 10.0 Å². The minimum absolute atomic E-state index is 0.0343. The number of hydrogen-bond donors (Lipinski definition) is 2. The third-order valence-electron chi connectivity index (χ3n) is 4.97. The molecule has 1 amide bonds. The Morgan fingerprint density at radius 2 is 1.68 bits per heavy atom. The largest absolute Gasteiger partial charge is 0.486 e. The van der Waals surface area contributed by atoms with E-state index in [2.05, 4.69) is 10.0 Å². The Kier molecular flexibility index (Phi) is 7.04. The van der Waals surface area contributed by atoms with Gasteiger partial charge in [0.1, 0.15) is 13.2 Å². The van der Waals surface area contributed by atoms with E-state index in [9.17, 15) is 13.2 Å². The van der Waals surface area contributed by atoms with E-state index in [0.29, 0.717) is 42.6 Å². The Bertz CT molecular complexity index is 1290. The molecule has 178 valence electrons. The van der Waals surface area contributed by atoms with E-state index >= 15 is 0 Å². The summed E-state index contributed by atoms with van der Waals surface area (Å²) in [6, 6.07) is 18.1. The van der Waals surface area contributed by atoms with Gasteiger partial charge >= 0.3 is 0 Å². The van der Waals surface area contributed by atoms with Crippen LogP contribution in [0.1, 0.15) is 29.8 Å². The number of benzene rings is 3. The minimum Gasteiger partial charge on any atom is -0.486 e. The van der Waals surface area contributed by atoms with Crippen molar-refractivity contribution in [3.05, 3.63) is 77.9 Å². The Labute approximate surface area is 198 Å². The summed E-state index contributed by atoms with van der Waals surface area (Å²) in [6.07, 6.45) is 0.104. The molecule has 3 aromatic rings. The van der Waals surface area contributed by atoms with E-state index in [1.54, 1.807) is 30.3 Å². The van der Waals surface area contributed by atoms with Crippen molar-refractivity contribution in [2.75, 3.05) is 23.3 Å². The number of rotatable bonds is 8. The van der Waals surface area contributed by atoms with Gasteiger partial charge in [-0.05, 0) is 61.9 Å². The van der Waals surface area contributed by atoms with Gasteiger partial charge in [0.05, 0.1) is 17.6 Å². The average molecular weight is 483 g/mol. The van der Waals surface area contributed by atoms with Crippen LogP contribution in [0.2, 0.25) is 0 Å². The van der Waals surface area contributed by atoms with Gasteiger partial charge in [0.25, 0.3) is 15.9 Å². The summed E-state index contributed by atoms with van der Waals surface area (Å²) in [5.74, 6) is 0.522. The molecule has 0 saturated carbocycles. The van der Waals surface area contributed by atoms with Gasteiger partial charge in [-0.1, -0.05) is 18.2 Å². The van der Waals surface area contributed by atoms with Gasteiger partial charge in [0.2, 0.25) is 0 Å². The lowest BCUT2D eigenvalue weighted by atomic mass is 10.1. The third-order valence-corrected chi connectivity index (χ3v) is 6.35. The summed E-state index contributed by atoms with van der Waals surface area (Å²) >= 11 is 0. The number of carbonyl (C=O) groups is 1. The first kappa shape index (κ1) is 23.6. The van der Waals surface area contributed by atoms with Gasteiger partial charge in [-0.15, -0.1) is 0 Å². The molecule has 0 spiro atoms. The van der Waals surface area contributed by atoms with E-state index in [1.807, 2.05) is 32.0 Å².